The van der Waals surface area contributed by atoms with Gasteiger partial charge in [-0.15, -0.1) is 0 Å². The van der Waals surface area contributed by atoms with Crippen LogP contribution in [0.2, 0.25) is 0 Å². The summed E-state index contributed by atoms with van der Waals surface area (Å²) in [5.74, 6) is 2.34. The van der Waals surface area contributed by atoms with Crippen LogP contribution >= 0.6 is 0 Å². The molecule has 0 aromatic carbocycles. The third-order valence-corrected chi connectivity index (χ3v) is 3.84. The van der Waals surface area contributed by atoms with E-state index in [0.717, 1.165) is 18.4 Å². The molecular formula is C14H22N2. The number of hydrogen-bond acceptors (Lipinski definition) is 2. The minimum Gasteiger partial charge on any atom is -0.313 e. The van der Waals surface area contributed by atoms with Gasteiger partial charge in [-0.3, -0.25) is 4.98 Å². The first-order valence-electron chi connectivity index (χ1n) is 6.37. The zero-order chi connectivity index (χ0) is 11.5. The Morgan fingerprint density at radius 2 is 2.06 bits per heavy atom. The molecule has 0 bridgehead atoms. The topological polar surface area (TPSA) is 24.9 Å². The summed E-state index contributed by atoms with van der Waals surface area (Å²) >= 11 is 0. The molecule has 0 saturated heterocycles. The fraction of sp³-hybridized carbons (Fsp3) is 0.643. The fourth-order valence-corrected chi connectivity index (χ4v) is 2.66. The minimum atomic E-state index is 0.581. The van der Waals surface area contributed by atoms with Crippen molar-refractivity contribution in [1.29, 1.82) is 0 Å². The molecule has 0 spiro atoms. The van der Waals surface area contributed by atoms with Crippen molar-refractivity contribution in [2.45, 2.75) is 39.2 Å². The number of nitrogens with one attached hydrogen (secondary N) is 1. The molecule has 1 aliphatic rings. The first-order valence-corrected chi connectivity index (χ1v) is 6.37. The minimum absolute atomic E-state index is 0.581. The summed E-state index contributed by atoms with van der Waals surface area (Å²) in [6, 6.07) is 4.91. The molecule has 1 heterocycles. The van der Waals surface area contributed by atoms with Gasteiger partial charge in [-0.25, -0.2) is 0 Å². The molecule has 1 N–H and O–H groups in total. The Morgan fingerprint density at radius 3 is 2.56 bits per heavy atom. The molecule has 0 aliphatic heterocycles. The summed E-state index contributed by atoms with van der Waals surface area (Å²) in [6.45, 7) is 7.94. The van der Waals surface area contributed by atoms with Gasteiger partial charge in [-0.05, 0) is 48.4 Å². The Hall–Kier alpha value is -0.890. The number of pyridine rings is 1. The van der Waals surface area contributed by atoms with E-state index in [0.29, 0.717) is 12.0 Å². The fourth-order valence-electron chi connectivity index (χ4n) is 2.66. The first kappa shape index (κ1) is 11.6. The van der Waals surface area contributed by atoms with E-state index in [4.69, 9.17) is 0 Å². The van der Waals surface area contributed by atoms with Crippen molar-refractivity contribution in [3.8, 4) is 0 Å². The van der Waals surface area contributed by atoms with E-state index in [1.54, 1.807) is 0 Å². The maximum absolute atomic E-state index is 4.09. The number of aromatic nitrogens is 1. The van der Waals surface area contributed by atoms with E-state index in [9.17, 15) is 0 Å². The molecule has 0 amide bonds. The van der Waals surface area contributed by atoms with Crippen molar-refractivity contribution in [3.05, 3.63) is 30.1 Å². The first-order chi connectivity index (χ1) is 7.74. The predicted octanol–water partition coefficient (Wildman–Crippen LogP) is 2.82. The van der Waals surface area contributed by atoms with Gasteiger partial charge >= 0.3 is 0 Å². The van der Waals surface area contributed by atoms with Gasteiger partial charge in [-0.1, -0.05) is 20.8 Å². The largest absolute Gasteiger partial charge is 0.313 e. The van der Waals surface area contributed by atoms with Gasteiger partial charge in [0.05, 0.1) is 0 Å². The Balaban J connectivity index is 2.08. The summed E-state index contributed by atoms with van der Waals surface area (Å²) < 4.78 is 0. The summed E-state index contributed by atoms with van der Waals surface area (Å²) in [6.07, 6.45) is 5.17. The number of hydrogen-bond donors (Lipinski definition) is 1. The van der Waals surface area contributed by atoms with Crippen molar-refractivity contribution in [1.82, 2.24) is 10.3 Å². The van der Waals surface area contributed by atoms with Crippen molar-refractivity contribution >= 4 is 0 Å². The van der Waals surface area contributed by atoms with E-state index < -0.39 is 0 Å². The monoisotopic (exact) mass is 218 g/mol. The second-order valence-electron chi connectivity index (χ2n) is 5.03. The van der Waals surface area contributed by atoms with Crippen LogP contribution in [0.3, 0.4) is 0 Å². The van der Waals surface area contributed by atoms with Crippen LogP contribution in [0.15, 0.2) is 24.5 Å². The standard InChI is InChI=1S/C14H22N2/c1-4-16-14(13-9-10(13)2)11(3)12-5-7-15-8-6-12/h5-8,10-11,13-14,16H,4,9H2,1-3H3. The van der Waals surface area contributed by atoms with E-state index in [1.807, 2.05) is 12.4 Å². The van der Waals surface area contributed by atoms with E-state index in [2.05, 4.69) is 43.2 Å². The number of likely N-dealkylation sites (N-methyl/N-ethyl adjacent to an activating group) is 1. The smallest absolute Gasteiger partial charge is 0.0270 e. The van der Waals surface area contributed by atoms with E-state index in [-0.39, 0.29) is 0 Å². The van der Waals surface area contributed by atoms with Crippen molar-refractivity contribution in [2.24, 2.45) is 11.8 Å². The highest BCUT2D eigenvalue weighted by molar-refractivity contribution is 5.18. The Morgan fingerprint density at radius 1 is 1.44 bits per heavy atom. The third-order valence-electron chi connectivity index (χ3n) is 3.84. The van der Waals surface area contributed by atoms with Gasteiger partial charge in [0.15, 0.2) is 0 Å². The van der Waals surface area contributed by atoms with E-state index in [1.165, 1.54) is 12.0 Å². The highest BCUT2D eigenvalue weighted by Gasteiger charge is 2.41. The number of nitrogens with zero attached hydrogens (tertiary/aromatic N) is 1. The van der Waals surface area contributed by atoms with Crippen LogP contribution in [0.5, 0.6) is 0 Å². The molecule has 2 nitrogen and oxygen atoms in total. The van der Waals surface area contributed by atoms with Crippen LogP contribution in [0.25, 0.3) is 0 Å². The van der Waals surface area contributed by atoms with Crippen LogP contribution in [-0.4, -0.2) is 17.6 Å². The van der Waals surface area contributed by atoms with E-state index >= 15 is 0 Å². The molecule has 88 valence electrons. The molecule has 1 fully saturated rings. The molecule has 4 atom stereocenters. The lowest BCUT2D eigenvalue weighted by molar-refractivity contribution is 0.402. The highest BCUT2D eigenvalue weighted by Crippen LogP contribution is 2.44. The molecule has 2 heteroatoms. The zero-order valence-electron chi connectivity index (χ0n) is 10.5. The lowest BCUT2D eigenvalue weighted by Crippen LogP contribution is -2.36. The molecule has 4 unspecified atom stereocenters. The maximum atomic E-state index is 4.09. The van der Waals surface area contributed by atoms with Crippen molar-refractivity contribution in [2.75, 3.05) is 6.54 Å². The molecule has 0 radical (unpaired) electrons. The third kappa shape index (κ3) is 2.43. The molecule has 1 aliphatic carbocycles. The van der Waals surface area contributed by atoms with Crippen LogP contribution < -0.4 is 5.32 Å². The average Bonchev–Trinajstić information content (AvgIpc) is 3.03. The normalized spacial score (nSPS) is 27.4. The van der Waals surface area contributed by atoms with Crippen molar-refractivity contribution < 1.29 is 0 Å². The lowest BCUT2D eigenvalue weighted by Gasteiger charge is -2.25. The number of rotatable bonds is 5. The molecule has 2 rings (SSSR count). The second kappa shape index (κ2) is 4.96. The Kier molecular flexibility index (Phi) is 3.59. The SMILES string of the molecule is CCNC(C(C)c1ccncc1)C1CC1C. The van der Waals surface area contributed by atoms with Gasteiger partial charge in [0.1, 0.15) is 0 Å². The summed E-state index contributed by atoms with van der Waals surface area (Å²) in [5.41, 5.74) is 1.40. The quantitative estimate of drug-likeness (QED) is 0.822. The van der Waals surface area contributed by atoms with Crippen LogP contribution in [0.1, 0.15) is 38.7 Å². The Bertz CT molecular complexity index is 323. The molecule has 16 heavy (non-hydrogen) atoms. The highest BCUT2D eigenvalue weighted by atomic mass is 14.9. The summed E-state index contributed by atoms with van der Waals surface area (Å²) in [5, 5.41) is 3.65. The summed E-state index contributed by atoms with van der Waals surface area (Å²) in [7, 11) is 0. The maximum Gasteiger partial charge on any atom is 0.0270 e. The molecule has 1 aromatic heterocycles. The lowest BCUT2D eigenvalue weighted by atomic mass is 9.90. The van der Waals surface area contributed by atoms with Crippen LogP contribution in [0.4, 0.5) is 0 Å². The molecule has 1 aromatic rings. The molecular weight excluding hydrogens is 196 g/mol. The molecule has 1 saturated carbocycles. The second-order valence-corrected chi connectivity index (χ2v) is 5.03. The van der Waals surface area contributed by atoms with Gasteiger partial charge in [0.25, 0.3) is 0 Å². The van der Waals surface area contributed by atoms with Crippen LogP contribution in [0, 0.1) is 11.8 Å². The predicted molar refractivity (Wildman–Crippen MR) is 67.4 cm³/mol. The van der Waals surface area contributed by atoms with Gasteiger partial charge in [0.2, 0.25) is 0 Å². The Labute approximate surface area is 98.5 Å². The van der Waals surface area contributed by atoms with Gasteiger partial charge < -0.3 is 5.32 Å². The average molecular weight is 218 g/mol. The zero-order valence-corrected chi connectivity index (χ0v) is 10.5. The van der Waals surface area contributed by atoms with Gasteiger partial charge in [-0.2, -0.15) is 0 Å². The van der Waals surface area contributed by atoms with Crippen molar-refractivity contribution in [3.63, 3.8) is 0 Å². The van der Waals surface area contributed by atoms with Gasteiger partial charge in [0, 0.05) is 18.4 Å². The summed E-state index contributed by atoms with van der Waals surface area (Å²) in [4.78, 5) is 4.09. The van der Waals surface area contributed by atoms with Crippen LogP contribution in [-0.2, 0) is 0 Å².